The summed E-state index contributed by atoms with van der Waals surface area (Å²) in [7, 11) is 0. The molecular formula is C17H25NO. The largest absolute Gasteiger partial charge is 0.381 e. The van der Waals surface area contributed by atoms with Crippen LogP contribution >= 0.6 is 0 Å². The van der Waals surface area contributed by atoms with Crippen molar-refractivity contribution in [2.24, 2.45) is 5.92 Å². The van der Waals surface area contributed by atoms with Crippen LogP contribution in [0.5, 0.6) is 0 Å². The molecule has 19 heavy (non-hydrogen) atoms. The summed E-state index contributed by atoms with van der Waals surface area (Å²) in [5, 5.41) is 3.78. The molecule has 1 aliphatic heterocycles. The summed E-state index contributed by atoms with van der Waals surface area (Å²) in [5.74, 6) is 0.710. The SMILES string of the molecule is CC1(C)CCC(NCC2CCOC2)c2ccccc21. The lowest BCUT2D eigenvalue weighted by atomic mass is 9.71. The summed E-state index contributed by atoms with van der Waals surface area (Å²) in [6.45, 7) is 7.71. The van der Waals surface area contributed by atoms with E-state index in [4.69, 9.17) is 4.74 Å². The third-order valence-corrected chi connectivity index (χ3v) is 4.80. The maximum Gasteiger partial charge on any atom is 0.0507 e. The van der Waals surface area contributed by atoms with E-state index in [2.05, 4.69) is 43.4 Å². The van der Waals surface area contributed by atoms with Gasteiger partial charge in [0.2, 0.25) is 0 Å². The highest BCUT2D eigenvalue weighted by molar-refractivity contribution is 5.38. The Morgan fingerprint density at radius 3 is 2.89 bits per heavy atom. The van der Waals surface area contributed by atoms with Crippen LogP contribution < -0.4 is 5.32 Å². The summed E-state index contributed by atoms with van der Waals surface area (Å²) in [5.41, 5.74) is 3.37. The van der Waals surface area contributed by atoms with Crippen molar-refractivity contribution in [3.8, 4) is 0 Å². The summed E-state index contributed by atoms with van der Waals surface area (Å²) in [4.78, 5) is 0. The lowest BCUT2D eigenvalue weighted by molar-refractivity contribution is 0.184. The second kappa shape index (κ2) is 5.26. The molecule has 3 rings (SSSR count). The molecule has 0 bridgehead atoms. The van der Waals surface area contributed by atoms with Crippen molar-refractivity contribution in [3.63, 3.8) is 0 Å². The Kier molecular flexibility index (Phi) is 3.64. The van der Waals surface area contributed by atoms with Crippen LogP contribution in [0.4, 0.5) is 0 Å². The van der Waals surface area contributed by atoms with Gasteiger partial charge in [-0.2, -0.15) is 0 Å². The molecule has 0 saturated carbocycles. The van der Waals surface area contributed by atoms with Gasteiger partial charge in [-0.1, -0.05) is 38.1 Å². The zero-order valence-corrected chi connectivity index (χ0v) is 12.1. The molecule has 2 unspecified atom stereocenters. The van der Waals surface area contributed by atoms with E-state index in [1.807, 2.05) is 0 Å². The fraction of sp³-hybridized carbons (Fsp3) is 0.647. The monoisotopic (exact) mass is 259 g/mol. The Labute approximate surface area is 116 Å². The molecule has 0 aromatic heterocycles. The van der Waals surface area contributed by atoms with E-state index in [0.29, 0.717) is 17.4 Å². The molecule has 1 aromatic carbocycles. The highest BCUT2D eigenvalue weighted by Crippen LogP contribution is 2.41. The minimum Gasteiger partial charge on any atom is -0.381 e. The van der Waals surface area contributed by atoms with Gasteiger partial charge in [-0.05, 0) is 41.7 Å². The van der Waals surface area contributed by atoms with E-state index in [-0.39, 0.29) is 0 Å². The molecule has 104 valence electrons. The number of nitrogens with one attached hydrogen (secondary N) is 1. The number of fused-ring (bicyclic) bond motifs is 1. The van der Waals surface area contributed by atoms with E-state index in [1.165, 1.54) is 30.4 Å². The van der Waals surface area contributed by atoms with Gasteiger partial charge in [0.15, 0.2) is 0 Å². The Bertz CT molecular complexity index is 435. The fourth-order valence-electron chi connectivity index (χ4n) is 3.48. The first-order chi connectivity index (χ1) is 9.17. The average molecular weight is 259 g/mol. The number of hydrogen-bond acceptors (Lipinski definition) is 2. The molecular weight excluding hydrogens is 234 g/mol. The van der Waals surface area contributed by atoms with Crippen LogP contribution in [0.15, 0.2) is 24.3 Å². The van der Waals surface area contributed by atoms with Gasteiger partial charge in [-0.15, -0.1) is 0 Å². The molecule has 1 aliphatic carbocycles. The number of rotatable bonds is 3. The molecule has 0 spiro atoms. The highest BCUT2D eigenvalue weighted by Gasteiger charge is 2.32. The first-order valence-electron chi connectivity index (χ1n) is 7.57. The second-order valence-corrected chi connectivity index (χ2v) is 6.70. The first-order valence-corrected chi connectivity index (χ1v) is 7.57. The zero-order chi connectivity index (χ0) is 13.3. The smallest absolute Gasteiger partial charge is 0.0507 e. The molecule has 0 amide bonds. The minimum atomic E-state index is 0.325. The van der Waals surface area contributed by atoms with Crippen molar-refractivity contribution in [1.82, 2.24) is 5.32 Å². The van der Waals surface area contributed by atoms with Gasteiger partial charge >= 0.3 is 0 Å². The Morgan fingerprint density at radius 2 is 2.11 bits per heavy atom. The van der Waals surface area contributed by atoms with Gasteiger partial charge in [0, 0.05) is 19.2 Å². The molecule has 1 saturated heterocycles. The van der Waals surface area contributed by atoms with Gasteiger partial charge in [-0.3, -0.25) is 0 Å². The van der Waals surface area contributed by atoms with Crippen LogP contribution in [-0.4, -0.2) is 19.8 Å². The van der Waals surface area contributed by atoms with E-state index in [9.17, 15) is 0 Å². The lowest BCUT2D eigenvalue weighted by Crippen LogP contribution is -2.35. The van der Waals surface area contributed by atoms with Crippen molar-refractivity contribution in [2.45, 2.75) is 44.6 Å². The average Bonchev–Trinajstić information content (AvgIpc) is 2.91. The van der Waals surface area contributed by atoms with Gasteiger partial charge < -0.3 is 10.1 Å². The molecule has 2 aliphatic rings. The Morgan fingerprint density at radius 1 is 1.26 bits per heavy atom. The summed E-state index contributed by atoms with van der Waals surface area (Å²) < 4.78 is 5.46. The third kappa shape index (κ3) is 2.70. The predicted molar refractivity (Wildman–Crippen MR) is 78.4 cm³/mol. The van der Waals surface area contributed by atoms with E-state index >= 15 is 0 Å². The van der Waals surface area contributed by atoms with Crippen molar-refractivity contribution in [2.75, 3.05) is 19.8 Å². The van der Waals surface area contributed by atoms with Gasteiger partial charge in [-0.25, -0.2) is 0 Å². The van der Waals surface area contributed by atoms with Crippen molar-refractivity contribution in [1.29, 1.82) is 0 Å². The summed E-state index contributed by atoms with van der Waals surface area (Å²) in [6.07, 6.45) is 3.73. The van der Waals surface area contributed by atoms with Crippen LogP contribution in [0.3, 0.4) is 0 Å². The van der Waals surface area contributed by atoms with Gasteiger partial charge in [0.1, 0.15) is 0 Å². The number of benzene rings is 1. The van der Waals surface area contributed by atoms with Gasteiger partial charge in [0.05, 0.1) is 6.61 Å². The van der Waals surface area contributed by atoms with Crippen LogP contribution in [0.25, 0.3) is 0 Å². The topological polar surface area (TPSA) is 21.3 Å². The maximum absolute atomic E-state index is 5.46. The van der Waals surface area contributed by atoms with Crippen LogP contribution in [0, 0.1) is 5.92 Å². The first kappa shape index (κ1) is 13.1. The number of hydrogen-bond donors (Lipinski definition) is 1. The molecule has 1 heterocycles. The highest BCUT2D eigenvalue weighted by atomic mass is 16.5. The zero-order valence-electron chi connectivity index (χ0n) is 12.1. The van der Waals surface area contributed by atoms with E-state index < -0.39 is 0 Å². The van der Waals surface area contributed by atoms with Crippen molar-refractivity contribution < 1.29 is 4.74 Å². The second-order valence-electron chi connectivity index (χ2n) is 6.70. The van der Waals surface area contributed by atoms with Crippen LogP contribution in [0.2, 0.25) is 0 Å². The summed E-state index contributed by atoms with van der Waals surface area (Å²) >= 11 is 0. The van der Waals surface area contributed by atoms with Crippen LogP contribution in [-0.2, 0) is 10.2 Å². The molecule has 2 heteroatoms. The van der Waals surface area contributed by atoms with Crippen molar-refractivity contribution in [3.05, 3.63) is 35.4 Å². The lowest BCUT2D eigenvalue weighted by Gasteiger charge is -2.37. The maximum atomic E-state index is 5.46. The molecule has 2 atom stereocenters. The van der Waals surface area contributed by atoms with Crippen molar-refractivity contribution >= 4 is 0 Å². The number of ether oxygens (including phenoxy) is 1. The Balaban J connectivity index is 1.73. The molecule has 1 fully saturated rings. The normalized spacial score (nSPS) is 29.2. The molecule has 1 N–H and O–H groups in total. The standard InChI is InChI=1S/C17H25NO/c1-17(2)9-7-16(14-5-3-4-6-15(14)17)18-11-13-8-10-19-12-13/h3-6,13,16,18H,7-12H2,1-2H3. The van der Waals surface area contributed by atoms with Gasteiger partial charge in [0.25, 0.3) is 0 Å². The van der Waals surface area contributed by atoms with Crippen LogP contribution in [0.1, 0.15) is 50.3 Å². The third-order valence-electron chi connectivity index (χ3n) is 4.80. The minimum absolute atomic E-state index is 0.325. The van der Waals surface area contributed by atoms with E-state index in [0.717, 1.165) is 19.8 Å². The van der Waals surface area contributed by atoms with E-state index in [1.54, 1.807) is 0 Å². The molecule has 0 radical (unpaired) electrons. The predicted octanol–water partition coefficient (Wildman–Crippen LogP) is 3.43. The molecule has 2 nitrogen and oxygen atoms in total. The Hall–Kier alpha value is -0.860. The molecule has 1 aromatic rings. The fourth-order valence-corrected chi connectivity index (χ4v) is 3.48. The summed E-state index contributed by atoms with van der Waals surface area (Å²) in [6, 6.07) is 9.49. The quantitative estimate of drug-likeness (QED) is 0.898.